The van der Waals surface area contributed by atoms with Gasteiger partial charge in [-0.1, -0.05) is 18.2 Å². The molecule has 0 aliphatic heterocycles. The molecule has 0 atom stereocenters. The molecule has 0 saturated heterocycles. The third kappa shape index (κ3) is 2.45. The van der Waals surface area contributed by atoms with Gasteiger partial charge in [0.15, 0.2) is 0 Å². The van der Waals surface area contributed by atoms with Gasteiger partial charge >= 0.3 is 0 Å². The van der Waals surface area contributed by atoms with Crippen molar-refractivity contribution in [2.75, 3.05) is 12.9 Å². The highest BCUT2D eigenvalue weighted by molar-refractivity contribution is 7.97. The molecule has 12 heavy (non-hydrogen) atoms. The van der Waals surface area contributed by atoms with Crippen LogP contribution in [0.1, 0.15) is 12.5 Å². The Morgan fingerprint density at radius 2 is 2.08 bits per heavy atom. The maximum Gasteiger partial charge on any atom is 0.123 e. The van der Waals surface area contributed by atoms with E-state index in [-0.39, 0.29) is 0 Å². The first-order chi connectivity index (χ1) is 5.88. The van der Waals surface area contributed by atoms with Gasteiger partial charge in [0.05, 0.1) is 6.61 Å². The molecule has 66 valence electrons. The number of rotatable bonds is 4. The van der Waals surface area contributed by atoms with Gasteiger partial charge in [-0.25, -0.2) is 0 Å². The second kappa shape index (κ2) is 5.09. The Morgan fingerprint density at radius 3 is 2.75 bits per heavy atom. The molecule has 2 heteroatoms. The van der Waals surface area contributed by atoms with Crippen LogP contribution in [0.15, 0.2) is 24.3 Å². The third-order valence-electron chi connectivity index (χ3n) is 1.57. The van der Waals surface area contributed by atoms with E-state index in [1.807, 2.05) is 36.9 Å². The largest absolute Gasteiger partial charge is 0.494 e. The van der Waals surface area contributed by atoms with Gasteiger partial charge in [0.2, 0.25) is 0 Å². The van der Waals surface area contributed by atoms with Crippen LogP contribution >= 0.6 is 11.8 Å². The van der Waals surface area contributed by atoms with E-state index in [2.05, 4.69) is 12.3 Å². The minimum atomic E-state index is 0.741. The van der Waals surface area contributed by atoms with Gasteiger partial charge < -0.3 is 4.74 Å². The standard InChI is InChI=1S/C10H14OS/c1-3-11-10-7-5-4-6-9(10)8-12-2/h4-7H,3,8H2,1-2H3. The molecule has 1 nitrogen and oxygen atoms in total. The molecule has 0 heterocycles. The average molecular weight is 182 g/mol. The van der Waals surface area contributed by atoms with Gasteiger partial charge in [0.1, 0.15) is 5.75 Å². The fourth-order valence-corrected chi connectivity index (χ4v) is 1.62. The van der Waals surface area contributed by atoms with Gasteiger partial charge in [-0.05, 0) is 19.2 Å². The number of hydrogen-bond donors (Lipinski definition) is 0. The minimum absolute atomic E-state index is 0.741. The topological polar surface area (TPSA) is 9.23 Å². The van der Waals surface area contributed by atoms with Crippen LogP contribution in [-0.2, 0) is 5.75 Å². The van der Waals surface area contributed by atoms with E-state index in [9.17, 15) is 0 Å². The molecule has 0 fully saturated rings. The van der Waals surface area contributed by atoms with Crippen molar-refractivity contribution in [2.24, 2.45) is 0 Å². The Kier molecular flexibility index (Phi) is 4.01. The SMILES string of the molecule is CCOc1ccccc1CSC. The highest BCUT2D eigenvalue weighted by Crippen LogP contribution is 2.21. The molecule has 0 saturated carbocycles. The zero-order valence-corrected chi connectivity index (χ0v) is 8.36. The molecule has 0 aromatic heterocycles. The first kappa shape index (κ1) is 9.46. The van der Waals surface area contributed by atoms with Crippen molar-refractivity contribution in [3.8, 4) is 5.75 Å². The molecule has 0 aliphatic rings. The monoisotopic (exact) mass is 182 g/mol. The Bertz CT molecular complexity index is 210. The summed E-state index contributed by atoms with van der Waals surface area (Å²) in [5.74, 6) is 2.05. The van der Waals surface area contributed by atoms with Crippen molar-refractivity contribution >= 4 is 11.8 Å². The number of thioether (sulfide) groups is 1. The van der Waals surface area contributed by atoms with Crippen LogP contribution in [0.4, 0.5) is 0 Å². The predicted molar refractivity (Wildman–Crippen MR) is 54.8 cm³/mol. The van der Waals surface area contributed by atoms with E-state index < -0.39 is 0 Å². The smallest absolute Gasteiger partial charge is 0.123 e. The van der Waals surface area contributed by atoms with E-state index in [0.717, 1.165) is 18.1 Å². The van der Waals surface area contributed by atoms with Gasteiger partial charge in [-0.3, -0.25) is 0 Å². The lowest BCUT2D eigenvalue weighted by Crippen LogP contribution is -1.94. The Hall–Kier alpha value is -0.630. The summed E-state index contributed by atoms with van der Waals surface area (Å²) in [5.41, 5.74) is 1.28. The highest BCUT2D eigenvalue weighted by Gasteiger charge is 1.99. The first-order valence-electron chi connectivity index (χ1n) is 4.08. The van der Waals surface area contributed by atoms with E-state index in [0.29, 0.717) is 0 Å². The van der Waals surface area contributed by atoms with Crippen molar-refractivity contribution in [3.05, 3.63) is 29.8 Å². The molecule has 0 amide bonds. The summed E-state index contributed by atoms with van der Waals surface area (Å²) in [6, 6.07) is 8.19. The molecule has 0 aliphatic carbocycles. The van der Waals surface area contributed by atoms with Crippen molar-refractivity contribution in [1.29, 1.82) is 0 Å². The number of para-hydroxylation sites is 1. The van der Waals surface area contributed by atoms with Crippen LogP contribution in [-0.4, -0.2) is 12.9 Å². The predicted octanol–water partition coefficient (Wildman–Crippen LogP) is 2.95. The van der Waals surface area contributed by atoms with Crippen LogP contribution in [0.5, 0.6) is 5.75 Å². The molecule has 0 N–H and O–H groups in total. The van der Waals surface area contributed by atoms with E-state index in [4.69, 9.17) is 4.74 Å². The molecule has 0 radical (unpaired) electrons. The van der Waals surface area contributed by atoms with Crippen molar-refractivity contribution in [3.63, 3.8) is 0 Å². The lowest BCUT2D eigenvalue weighted by atomic mass is 10.2. The van der Waals surface area contributed by atoms with Crippen LogP contribution in [0.25, 0.3) is 0 Å². The first-order valence-corrected chi connectivity index (χ1v) is 5.47. The molecular weight excluding hydrogens is 168 g/mol. The van der Waals surface area contributed by atoms with Gasteiger partial charge in [0, 0.05) is 11.3 Å². The molecule has 1 aromatic carbocycles. The van der Waals surface area contributed by atoms with Crippen LogP contribution in [0, 0.1) is 0 Å². The van der Waals surface area contributed by atoms with Crippen molar-refractivity contribution < 1.29 is 4.74 Å². The van der Waals surface area contributed by atoms with Gasteiger partial charge in [-0.15, -0.1) is 0 Å². The summed E-state index contributed by atoms with van der Waals surface area (Å²) >= 11 is 1.81. The van der Waals surface area contributed by atoms with Crippen molar-refractivity contribution in [1.82, 2.24) is 0 Å². The Labute approximate surface area is 78.1 Å². The fraction of sp³-hybridized carbons (Fsp3) is 0.400. The zero-order chi connectivity index (χ0) is 8.81. The maximum atomic E-state index is 5.48. The van der Waals surface area contributed by atoms with E-state index >= 15 is 0 Å². The average Bonchev–Trinajstić information content (AvgIpc) is 2.09. The molecule has 1 aromatic rings. The summed E-state index contributed by atoms with van der Waals surface area (Å²) in [5, 5.41) is 0. The van der Waals surface area contributed by atoms with E-state index in [1.54, 1.807) is 0 Å². The summed E-state index contributed by atoms with van der Waals surface area (Å²) in [4.78, 5) is 0. The molecule has 0 unspecified atom stereocenters. The zero-order valence-electron chi connectivity index (χ0n) is 7.54. The molecule has 0 spiro atoms. The van der Waals surface area contributed by atoms with Crippen LogP contribution in [0.2, 0.25) is 0 Å². The highest BCUT2D eigenvalue weighted by atomic mass is 32.2. The summed E-state index contributed by atoms with van der Waals surface area (Å²) < 4.78 is 5.48. The lowest BCUT2D eigenvalue weighted by molar-refractivity contribution is 0.337. The second-order valence-electron chi connectivity index (χ2n) is 2.47. The Morgan fingerprint density at radius 1 is 1.33 bits per heavy atom. The quantitative estimate of drug-likeness (QED) is 0.708. The number of ether oxygens (including phenoxy) is 1. The van der Waals surface area contributed by atoms with Crippen molar-refractivity contribution in [2.45, 2.75) is 12.7 Å². The minimum Gasteiger partial charge on any atom is -0.494 e. The fourth-order valence-electron chi connectivity index (χ4n) is 1.07. The third-order valence-corrected chi connectivity index (χ3v) is 2.17. The van der Waals surface area contributed by atoms with Crippen LogP contribution < -0.4 is 4.74 Å². The van der Waals surface area contributed by atoms with Gasteiger partial charge in [0.25, 0.3) is 0 Å². The number of benzene rings is 1. The molecular formula is C10H14OS. The normalized spacial score (nSPS) is 9.83. The molecule has 0 bridgehead atoms. The molecule has 1 rings (SSSR count). The maximum absolute atomic E-state index is 5.48. The van der Waals surface area contributed by atoms with Gasteiger partial charge in [-0.2, -0.15) is 11.8 Å². The lowest BCUT2D eigenvalue weighted by Gasteiger charge is -2.07. The van der Waals surface area contributed by atoms with E-state index in [1.165, 1.54) is 5.56 Å². The van der Waals surface area contributed by atoms with Crippen LogP contribution in [0.3, 0.4) is 0 Å². The summed E-state index contributed by atoms with van der Waals surface area (Å²) in [7, 11) is 0. The number of hydrogen-bond acceptors (Lipinski definition) is 2. The Balaban J connectivity index is 2.77. The summed E-state index contributed by atoms with van der Waals surface area (Å²) in [6.45, 7) is 2.75. The second-order valence-corrected chi connectivity index (χ2v) is 3.34. The summed E-state index contributed by atoms with van der Waals surface area (Å²) in [6.07, 6.45) is 2.10.